The molecule has 0 radical (unpaired) electrons. The van der Waals surface area contributed by atoms with E-state index in [9.17, 15) is 9.59 Å². The van der Waals surface area contributed by atoms with Gasteiger partial charge in [-0.3, -0.25) is 4.79 Å². The Morgan fingerprint density at radius 3 is 2.52 bits per heavy atom. The molecule has 2 fully saturated rings. The zero-order valence-electron chi connectivity index (χ0n) is 15.6. The van der Waals surface area contributed by atoms with Gasteiger partial charge in [0, 0.05) is 31.4 Å². The highest BCUT2D eigenvalue weighted by Gasteiger charge is 2.64. The maximum Gasteiger partial charge on any atom is 0.344 e. The summed E-state index contributed by atoms with van der Waals surface area (Å²) in [6, 6.07) is 9.23. The standard InChI is InChI=1S/C20H23NO6/c1-19(2)25-11-15(27-19)14-9-13(22)10-16(24-3)20(14)18(23)26-17(21-20)12-7-5-4-6-8-12/h4-8,14-16H,9-11H2,1-3H3/t14-,15+,16-,20+/m0/s1. The highest BCUT2D eigenvalue weighted by Crippen LogP contribution is 2.46. The van der Waals surface area contributed by atoms with Gasteiger partial charge < -0.3 is 18.9 Å². The van der Waals surface area contributed by atoms with E-state index in [1.165, 1.54) is 7.11 Å². The minimum atomic E-state index is -1.32. The molecule has 1 saturated carbocycles. The van der Waals surface area contributed by atoms with Crippen LogP contribution in [0.2, 0.25) is 0 Å². The second-order valence-electron chi connectivity index (χ2n) is 7.64. The Balaban J connectivity index is 1.78. The molecule has 2 aliphatic heterocycles. The van der Waals surface area contributed by atoms with Crippen LogP contribution in [0.3, 0.4) is 0 Å². The summed E-state index contributed by atoms with van der Waals surface area (Å²) in [6.07, 6.45) is -0.868. The predicted molar refractivity (Wildman–Crippen MR) is 95.2 cm³/mol. The van der Waals surface area contributed by atoms with Gasteiger partial charge in [0.15, 0.2) is 11.3 Å². The van der Waals surface area contributed by atoms with Crippen LogP contribution in [-0.4, -0.2) is 54.9 Å². The average Bonchev–Trinajstić information content (AvgIpc) is 3.18. The second-order valence-corrected chi connectivity index (χ2v) is 7.64. The van der Waals surface area contributed by atoms with E-state index in [0.717, 1.165) is 0 Å². The van der Waals surface area contributed by atoms with Gasteiger partial charge in [-0.15, -0.1) is 0 Å². The Labute approximate surface area is 157 Å². The lowest BCUT2D eigenvalue weighted by Crippen LogP contribution is -2.60. The third-order valence-corrected chi connectivity index (χ3v) is 5.50. The van der Waals surface area contributed by atoms with E-state index in [1.807, 2.05) is 44.2 Å². The Hall–Kier alpha value is -2.09. The molecule has 1 saturated heterocycles. The van der Waals surface area contributed by atoms with Crippen molar-refractivity contribution in [2.75, 3.05) is 13.7 Å². The zero-order chi connectivity index (χ0) is 19.2. The Bertz CT molecular complexity index is 789. The maximum absolute atomic E-state index is 13.1. The molecule has 27 heavy (non-hydrogen) atoms. The van der Waals surface area contributed by atoms with Gasteiger partial charge in [0.1, 0.15) is 11.9 Å². The number of cyclic esters (lactones) is 1. The van der Waals surface area contributed by atoms with E-state index < -0.39 is 35.4 Å². The summed E-state index contributed by atoms with van der Waals surface area (Å²) in [5, 5.41) is 0. The Kier molecular flexibility index (Phi) is 4.41. The van der Waals surface area contributed by atoms with Gasteiger partial charge in [-0.05, 0) is 26.0 Å². The van der Waals surface area contributed by atoms with Crippen LogP contribution >= 0.6 is 0 Å². The van der Waals surface area contributed by atoms with Crippen molar-refractivity contribution >= 4 is 17.7 Å². The molecule has 4 atom stereocenters. The van der Waals surface area contributed by atoms with Crippen molar-refractivity contribution in [1.29, 1.82) is 0 Å². The molecule has 0 aromatic heterocycles. The summed E-state index contributed by atoms with van der Waals surface area (Å²) in [4.78, 5) is 30.2. The topological polar surface area (TPSA) is 83.4 Å². The molecule has 0 N–H and O–H groups in total. The summed E-state index contributed by atoms with van der Waals surface area (Å²) < 4.78 is 22.8. The first-order chi connectivity index (χ1) is 12.9. The number of benzene rings is 1. The van der Waals surface area contributed by atoms with Crippen molar-refractivity contribution in [3.8, 4) is 0 Å². The van der Waals surface area contributed by atoms with E-state index in [1.54, 1.807) is 0 Å². The summed E-state index contributed by atoms with van der Waals surface area (Å²) >= 11 is 0. The Morgan fingerprint density at radius 2 is 1.89 bits per heavy atom. The summed E-state index contributed by atoms with van der Waals surface area (Å²) in [5.74, 6) is -1.52. The molecule has 4 rings (SSSR count). The van der Waals surface area contributed by atoms with E-state index in [2.05, 4.69) is 0 Å². The molecule has 144 valence electrons. The van der Waals surface area contributed by atoms with Crippen molar-refractivity contribution in [3.05, 3.63) is 35.9 Å². The summed E-state index contributed by atoms with van der Waals surface area (Å²) in [5.41, 5.74) is -0.611. The molecule has 0 amide bonds. The van der Waals surface area contributed by atoms with E-state index >= 15 is 0 Å². The first-order valence-electron chi connectivity index (χ1n) is 9.09. The first-order valence-corrected chi connectivity index (χ1v) is 9.09. The molecular formula is C20H23NO6. The second kappa shape index (κ2) is 6.51. The molecule has 7 nitrogen and oxygen atoms in total. The van der Waals surface area contributed by atoms with Crippen LogP contribution in [0.15, 0.2) is 35.3 Å². The van der Waals surface area contributed by atoms with Crippen LogP contribution in [0.5, 0.6) is 0 Å². The molecular weight excluding hydrogens is 350 g/mol. The number of ether oxygens (including phenoxy) is 4. The number of hydrogen-bond acceptors (Lipinski definition) is 7. The molecule has 1 aromatic carbocycles. The van der Waals surface area contributed by atoms with Gasteiger partial charge in [0.05, 0.1) is 12.7 Å². The smallest absolute Gasteiger partial charge is 0.344 e. The number of methoxy groups -OCH3 is 1. The third-order valence-electron chi connectivity index (χ3n) is 5.50. The number of nitrogens with zero attached hydrogens (tertiary/aromatic N) is 1. The van der Waals surface area contributed by atoms with Crippen LogP contribution in [0.1, 0.15) is 32.3 Å². The Morgan fingerprint density at radius 1 is 1.15 bits per heavy atom. The van der Waals surface area contributed by atoms with Crippen molar-refractivity contribution in [1.82, 2.24) is 0 Å². The zero-order valence-corrected chi connectivity index (χ0v) is 15.6. The average molecular weight is 373 g/mol. The molecule has 0 bridgehead atoms. The maximum atomic E-state index is 13.1. The molecule has 1 aromatic rings. The van der Waals surface area contributed by atoms with Gasteiger partial charge >= 0.3 is 5.97 Å². The third kappa shape index (κ3) is 2.99. The summed E-state index contributed by atoms with van der Waals surface area (Å²) in [7, 11) is 1.49. The van der Waals surface area contributed by atoms with Gasteiger partial charge in [0.25, 0.3) is 0 Å². The SMILES string of the molecule is CO[C@H]1CC(=O)C[C@@H]([C@H]2COC(C)(C)O2)[C@@]12N=C(c1ccccc1)OC2=O. The highest BCUT2D eigenvalue weighted by molar-refractivity contribution is 6.09. The lowest BCUT2D eigenvalue weighted by molar-refractivity contribution is -0.170. The lowest BCUT2D eigenvalue weighted by Gasteiger charge is -2.42. The van der Waals surface area contributed by atoms with E-state index in [4.69, 9.17) is 23.9 Å². The molecule has 3 aliphatic rings. The monoisotopic (exact) mass is 373 g/mol. The normalized spacial score (nSPS) is 35.4. The number of carbonyl (C=O) groups excluding carboxylic acids is 2. The van der Waals surface area contributed by atoms with Crippen LogP contribution < -0.4 is 0 Å². The fourth-order valence-corrected chi connectivity index (χ4v) is 4.22. The van der Waals surface area contributed by atoms with Crippen LogP contribution in [0.4, 0.5) is 0 Å². The van der Waals surface area contributed by atoms with Gasteiger partial charge in [-0.2, -0.15) is 0 Å². The van der Waals surface area contributed by atoms with Crippen molar-refractivity contribution in [2.45, 2.75) is 50.2 Å². The minimum absolute atomic E-state index is 0.0157. The molecule has 2 heterocycles. The number of aliphatic imine (C=N–C) groups is 1. The number of hydrogen-bond donors (Lipinski definition) is 0. The number of carbonyl (C=O) groups is 2. The van der Waals surface area contributed by atoms with E-state index in [0.29, 0.717) is 5.56 Å². The lowest BCUT2D eigenvalue weighted by atomic mass is 9.68. The minimum Gasteiger partial charge on any atom is -0.405 e. The largest absolute Gasteiger partial charge is 0.405 e. The van der Waals surface area contributed by atoms with Crippen LogP contribution in [0.25, 0.3) is 0 Å². The van der Waals surface area contributed by atoms with Crippen LogP contribution in [-0.2, 0) is 28.5 Å². The first kappa shape index (κ1) is 18.3. The van der Waals surface area contributed by atoms with E-state index in [-0.39, 0.29) is 31.1 Å². The van der Waals surface area contributed by atoms with Gasteiger partial charge in [0.2, 0.25) is 5.90 Å². The van der Waals surface area contributed by atoms with Crippen molar-refractivity contribution in [2.24, 2.45) is 10.9 Å². The number of rotatable bonds is 3. The molecule has 1 spiro atoms. The molecule has 1 aliphatic carbocycles. The van der Waals surface area contributed by atoms with Crippen molar-refractivity contribution < 1.29 is 28.5 Å². The fraction of sp³-hybridized carbons (Fsp3) is 0.550. The predicted octanol–water partition coefficient (Wildman–Crippen LogP) is 1.87. The highest BCUT2D eigenvalue weighted by atomic mass is 16.7. The van der Waals surface area contributed by atoms with Gasteiger partial charge in [-0.1, -0.05) is 18.2 Å². The molecule has 7 heteroatoms. The fourth-order valence-electron chi connectivity index (χ4n) is 4.22. The molecule has 0 unspecified atom stereocenters. The summed E-state index contributed by atoms with van der Waals surface area (Å²) in [6.45, 7) is 3.90. The van der Waals surface area contributed by atoms with Crippen molar-refractivity contribution in [3.63, 3.8) is 0 Å². The number of ketones is 1. The van der Waals surface area contributed by atoms with Gasteiger partial charge in [-0.25, -0.2) is 9.79 Å². The number of Topliss-reactive ketones (excluding diaryl/α,β-unsaturated/α-hetero) is 1. The van der Waals surface area contributed by atoms with Crippen LogP contribution in [0, 0.1) is 5.92 Å². The number of esters is 1. The quantitative estimate of drug-likeness (QED) is 0.752.